The van der Waals surface area contributed by atoms with Crippen LogP contribution in [-0.4, -0.2) is 32.5 Å². The molecule has 5 nitrogen and oxygen atoms in total. The van der Waals surface area contributed by atoms with E-state index in [0.717, 1.165) is 23.1 Å². The second-order valence-corrected chi connectivity index (χ2v) is 6.84. The average molecular weight is 330 g/mol. The lowest BCUT2D eigenvalue weighted by Gasteiger charge is -2.12. The summed E-state index contributed by atoms with van der Waals surface area (Å²) >= 11 is 1.45. The van der Waals surface area contributed by atoms with E-state index in [1.807, 2.05) is 30.3 Å². The summed E-state index contributed by atoms with van der Waals surface area (Å²) < 4.78 is 2.05. The topological polar surface area (TPSA) is 59.8 Å². The lowest BCUT2D eigenvalue weighted by molar-refractivity contribution is -0.119. The van der Waals surface area contributed by atoms with Gasteiger partial charge in [0.1, 0.15) is 0 Å². The fraction of sp³-hybridized carbons (Fsp3) is 0.471. The van der Waals surface area contributed by atoms with Crippen LogP contribution in [0.3, 0.4) is 0 Å². The van der Waals surface area contributed by atoms with Crippen molar-refractivity contribution in [2.45, 2.75) is 44.4 Å². The molecule has 0 radical (unpaired) electrons. The van der Waals surface area contributed by atoms with E-state index in [1.165, 1.54) is 24.6 Å². The first-order chi connectivity index (χ1) is 11.2. The first kappa shape index (κ1) is 16.1. The van der Waals surface area contributed by atoms with Gasteiger partial charge in [-0.15, -0.1) is 10.2 Å². The summed E-state index contributed by atoms with van der Waals surface area (Å²) in [6, 6.07) is 10.3. The number of hydrogen-bond acceptors (Lipinski definition) is 4. The van der Waals surface area contributed by atoms with Crippen LogP contribution in [0.4, 0.5) is 0 Å². The molecule has 1 aromatic heterocycles. The predicted octanol–water partition coefficient (Wildman–Crippen LogP) is 2.97. The lowest BCUT2D eigenvalue weighted by atomic mass is 10.2. The van der Waals surface area contributed by atoms with Crippen LogP contribution in [0.25, 0.3) is 11.4 Å². The van der Waals surface area contributed by atoms with Crippen LogP contribution in [0.5, 0.6) is 0 Å². The van der Waals surface area contributed by atoms with Gasteiger partial charge in [-0.05, 0) is 32.6 Å². The van der Waals surface area contributed by atoms with Gasteiger partial charge in [-0.2, -0.15) is 0 Å². The van der Waals surface area contributed by atoms with Crippen molar-refractivity contribution < 1.29 is 4.79 Å². The van der Waals surface area contributed by atoms with Gasteiger partial charge in [0.15, 0.2) is 11.0 Å². The summed E-state index contributed by atoms with van der Waals surface area (Å²) in [5.41, 5.74) is 1.04. The molecule has 3 rings (SSSR count). The van der Waals surface area contributed by atoms with Gasteiger partial charge in [-0.3, -0.25) is 4.79 Å². The van der Waals surface area contributed by atoms with E-state index in [0.29, 0.717) is 11.7 Å². The number of amides is 1. The predicted molar refractivity (Wildman–Crippen MR) is 92.2 cm³/mol. The number of carbonyl (C=O) groups is 1. The first-order valence-electron chi connectivity index (χ1n) is 8.09. The maximum atomic E-state index is 12.0. The standard InChI is InChI=1S/C17H22N4OS/c1-3-21-16(14-7-5-4-6-8-14)19-20-17(21)23-11-15(22)18-12(2)13-9-10-13/h4-8,12-13H,3,9-11H2,1-2H3,(H,18,22). The smallest absolute Gasteiger partial charge is 0.230 e. The van der Waals surface area contributed by atoms with Gasteiger partial charge in [0, 0.05) is 18.2 Å². The zero-order valence-corrected chi connectivity index (χ0v) is 14.3. The van der Waals surface area contributed by atoms with Crippen LogP contribution in [0.1, 0.15) is 26.7 Å². The Balaban J connectivity index is 1.64. The Bertz CT molecular complexity index is 666. The number of nitrogens with zero attached hydrogens (tertiary/aromatic N) is 3. The molecule has 1 aliphatic carbocycles. The molecule has 1 atom stereocenters. The van der Waals surface area contributed by atoms with E-state index in [4.69, 9.17) is 0 Å². The Labute approximate surface area is 140 Å². The zero-order chi connectivity index (χ0) is 16.2. The molecule has 23 heavy (non-hydrogen) atoms. The van der Waals surface area contributed by atoms with Gasteiger partial charge >= 0.3 is 0 Å². The maximum Gasteiger partial charge on any atom is 0.230 e. The van der Waals surface area contributed by atoms with E-state index in [-0.39, 0.29) is 11.9 Å². The largest absolute Gasteiger partial charge is 0.353 e. The third kappa shape index (κ3) is 3.93. The second-order valence-electron chi connectivity index (χ2n) is 5.90. The summed E-state index contributed by atoms with van der Waals surface area (Å²) in [6.07, 6.45) is 2.47. The lowest BCUT2D eigenvalue weighted by Crippen LogP contribution is -2.35. The SMILES string of the molecule is CCn1c(SCC(=O)NC(C)C2CC2)nnc1-c1ccccc1. The third-order valence-electron chi connectivity index (χ3n) is 4.12. The Hall–Kier alpha value is -1.82. The molecule has 1 saturated carbocycles. The molecule has 1 heterocycles. The second kappa shape index (κ2) is 7.17. The van der Waals surface area contributed by atoms with Crippen molar-refractivity contribution in [3.63, 3.8) is 0 Å². The highest BCUT2D eigenvalue weighted by molar-refractivity contribution is 7.99. The molecule has 1 amide bonds. The van der Waals surface area contributed by atoms with Crippen molar-refractivity contribution in [3.8, 4) is 11.4 Å². The van der Waals surface area contributed by atoms with Crippen molar-refractivity contribution in [3.05, 3.63) is 30.3 Å². The van der Waals surface area contributed by atoms with Crippen LogP contribution in [0, 0.1) is 5.92 Å². The number of thioether (sulfide) groups is 1. The van der Waals surface area contributed by atoms with Crippen LogP contribution >= 0.6 is 11.8 Å². The van der Waals surface area contributed by atoms with E-state index in [1.54, 1.807) is 0 Å². The summed E-state index contributed by atoms with van der Waals surface area (Å²) in [5.74, 6) is 1.97. The quantitative estimate of drug-likeness (QED) is 0.793. The van der Waals surface area contributed by atoms with Gasteiger partial charge in [0.05, 0.1) is 5.75 Å². The van der Waals surface area contributed by atoms with Crippen molar-refractivity contribution >= 4 is 17.7 Å². The molecule has 1 aromatic carbocycles. The molecule has 1 aliphatic rings. The molecule has 1 N–H and O–H groups in total. The van der Waals surface area contributed by atoms with E-state index >= 15 is 0 Å². The van der Waals surface area contributed by atoms with Crippen molar-refractivity contribution in [2.75, 3.05) is 5.75 Å². The van der Waals surface area contributed by atoms with Crippen LogP contribution in [0.15, 0.2) is 35.5 Å². The Morgan fingerprint density at radius 2 is 2.09 bits per heavy atom. The van der Waals surface area contributed by atoms with Crippen LogP contribution in [0.2, 0.25) is 0 Å². The highest BCUT2D eigenvalue weighted by Gasteiger charge is 2.28. The fourth-order valence-electron chi connectivity index (χ4n) is 2.62. The summed E-state index contributed by atoms with van der Waals surface area (Å²) in [6.45, 7) is 4.93. The highest BCUT2D eigenvalue weighted by Crippen LogP contribution is 2.32. The number of carbonyl (C=O) groups excluding carboxylic acids is 1. The molecule has 6 heteroatoms. The molecule has 0 spiro atoms. The molecule has 1 unspecified atom stereocenters. The minimum atomic E-state index is 0.0707. The van der Waals surface area contributed by atoms with Crippen molar-refractivity contribution in [2.24, 2.45) is 5.92 Å². The molecule has 1 fully saturated rings. The van der Waals surface area contributed by atoms with Crippen molar-refractivity contribution in [1.29, 1.82) is 0 Å². The highest BCUT2D eigenvalue weighted by atomic mass is 32.2. The fourth-order valence-corrected chi connectivity index (χ4v) is 3.43. The minimum absolute atomic E-state index is 0.0707. The normalized spacial score (nSPS) is 15.4. The molecular weight excluding hydrogens is 308 g/mol. The van der Waals surface area contributed by atoms with E-state index in [9.17, 15) is 4.79 Å². The number of aromatic nitrogens is 3. The minimum Gasteiger partial charge on any atom is -0.353 e. The van der Waals surface area contributed by atoms with Crippen LogP contribution < -0.4 is 5.32 Å². The zero-order valence-electron chi connectivity index (χ0n) is 13.5. The molecule has 0 aliphatic heterocycles. The molecule has 122 valence electrons. The number of nitrogens with one attached hydrogen (secondary N) is 1. The summed E-state index contributed by atoms with van der Waals surface area (Å²) in [5, 5.41) is 12.4. The average Bonchev–Trinajstić information content (AvgIpc) is 3.34. The molecular formula is C17H22N4OS. The number of hydrogen-bond donors (Lipinski definition) is 1. The summed E-state index contributed by atoms with van der Waals surface area (Å²) in [7, 11) is 0. The Morgan fingerprint density at radius 3 is 2.74 bits per heavy atom. The van der Waals surface area contributed by atoms with Gasteiger partial charge in [0.25, 0.3) is 0 Å². The van der Waals surface area contributed by atoms with E-state index in [2.05, 4.69) is 33.9 Å². The van der Waals surface area contributed by atoms with Gasteiger partial charge in [-0.25, -0.2) is 0 Å². The Morgan fingerprint density at radius 1 is 1.35 bits per heavy atom. The first-order valence-corrected chi connectivity index (χ1v) is 9.08. The van der Waals surface area contributed by atoms with Gasteiger partial charge < -0.3 is 9.88 Å². The van der Waals surface area contributed by atoms with Gasteiger partial charge in [0.2, 0.25) is 5.91 Å². The Kier molecular flexibility index (Phi) is 5.00. The number of rotatable bonds is 7. The summed E-state index contributed by atoms with van der Waals surface area (Å²) in [4.78, 5) is 12.0. The molecule has 2 aromatic rings. The number of benzene rings is 1. The molecule has 0 saturated heterocycles. The molecule has 0 bridgehead atoms. The van der Waals surface area contributed by atoms with E-state index < -0.39 is 0 Å². The van der Waals surface area contributed by atoms with Crippen LogP contribution in [-0.2, 0) is 11.3 Å². The van der Waals surface area contributed by atoms with Gasteiger partial charge in [-0.1, -0.05) is 42.1 Å². The monoisotopic (exact) mass is 330 g/mol. The maximum absolute atomic E-state index is 12.0. The van der Waals surface area contributed by atoms with Crippen molar-refractivity contribution in [1.82, 2.24) is 20.1 Å². The third-order valence-corrected chi connectivity index (χ3v) is 5.08.